The first-order valence-corrected chi connectivity index (χ1v) is 7.58. The molecule has 112 valence electrons. The summed E-state index contributed by atoms with van der Waals surface area (Å²) < 4.78 is 0. The summed E-state index contributed by atoms with van der Waals surface area (Å²) in [5, 5.41) is 3.07. The van der Waals surface area contributed by atoms with Gasteiger partial charge in [0.1, 0.15) is 0 Å². The van der Waals surface area contributed by atoms with Gasteiger partial charge in [0.25, 0.3) is 0 Å². The Morgan fingerprint density at radius 1 is 1.48 bits per heavy atom. The normalized spacial score (nSPS) is 19.7. The summed E-state index contributed by atoms with van der Waals surface area (Å²) in [6.07, 6.45) is 3.28. The van der Waals surface area contributed by atoms with Gasteiger partial charge >= 0.3 is 0 Å². The molecule has 0 aromatic heterocycles. The third-order valence-electron chi connectivity index (χ3n) is 4.30. The zero-order chi connectivity index (χ0) is 15.3. The predicted octanol–water partition coefficient (Wildman–Crippen LogP) is 2.44. The molecule has 0 spiro atoms. The van der Waals surface area contributed by atoms with Gasteiger partial charge in [0.2, 0.25) is 5.91 Å². The number of nitrogens with one attached hydrogen (secondary N) is 1. The Bertz CT molecular complexity index is 566. The van der Waals surface area contributed by atoms with Crippen LogP contribution in [0.15, 0.2) is 24.3 Å². The maximum absolute atomic E-state index is 12.3. The van der Waals surface area contributed by atoms with E-state index in [4.69, 9.17) is 5.73 Å². The molecule has 1 fully saturated rings. The Balaban J connectivity index is 1.95. The first-order chi connectivity index (χ1) is 10.0. The highest BCUT2D eigenvalue weighted by molar-refractivity contribution is 5.79. The Hall–Kier alpha value is -1.79. The monoisotopic (exact) mass is 284 g/mol. The molecule has 0 radical (unpaired) electrons. The van der Waals surface area contributed by atoms with Crippen LogP contribution in [-0.4, -0.2) is 12.5 Å². The second-order valence-electron chi connectivity index (χ2n) is 6.36. The smallest absolute Gasteiger partial charge is 0.223 e. The van der Waals surface area contributed by atoms with Crippen LogP contribution in [0.5, 0.6) is 0 Å². The van der Waals surface area contributed by atoms with Crippen LogP contribution in [0.2, 0.25) is 0 Å². The number of rotatable bonds is 3. The van der Waals surface area contributed by atoms with Gasteiger partial charge in [-0.25, -0.2) is 0 Å². The molecule has 1 saturated carbocycles. The maximum atomic E-state index is 12.3. The summed E-state index contributed by atoms with van der Waals surface area (Å²) in [6, 6.07) is 7.92. The van der Waals surface area contributed by atoms with E-state index < -0.39 is 0 Å². The molecule has 2 rings (SSSR count). The minimum atomic E-state index is 0.124. The molecule has 3 heteroatoms. The molecule has 0 saturated heterocycles. The lowest BCUT2D eigenvalue weighted by Crippen LogP contribution is -2.35. The molecule has 1 aliphatic carbocycles. The van der Waals surface area contributed by atoms with E-state index in [-0.39, 0.29) is 17.2 Å². The minimum Gasteiger partial charge on any atom is -0.352 e. The van der Waals surface area contributed by atoms with Crippen LogP contribution >= 0.6 is 0 Å². The number of benzene rings is 1. The van der Waals surface area contributed by atoms with E-state index in [1.807, 2.05) is 24.3 Å². The predicted molar refractivity (Wildman–Crippen MR) is 85.3 cm³/mol. The number of amides is 1. The highest BCUT2D eigenvalue weighted by atomic mass is 16.1. The third kappa shape index (κ3) is 4.09. The van der Waals surface area contributed by atoms with Crippen molar-refractivity contribution in [3.63, 3.8) is 0 Å². The van der Waals surface area contributed by atoms with Crippen molar-refractivity contribution >= 4 is 5.91 Å². The van der Waals surface area contributed by atoms with Gasteiger partial charge in [-0.05, 0) is 36.0 Å². The lowest BCUT2D eigenvalue weighted by molar-refractivity contribution is -0.127. The summed E-state index contributed by atoms with van der Waals surface area (Å²) >= 11 is 0. The molecule has 21 heavy (non-hydrogen) atoms. The number of carbonyl (C=O) groups is 1. The second kappa shape index (κ2) is 6.78. The van der Waals surface area contributed by atoms with Crippen LogP contribution < -0.4 is 11.1 Å². The summed E-state index contributed by atoms with van der Waals surface area (Å²) in [7, 11) is 0. The van der Waals surface area contributed by atoms with Crippen molar-refractivity contribution in [2.45, 2.75) is 39.7 Å². The fourth-order valence-electron chi connectivity index (χ4n) is 3.04. The lowest BCUT2D eigenvalue weighted by Gasteiger charge is -2.25. The summed E-state index contributed by atoms with van der Waals surface area (Å²) in [5.74, 6) is 6.17. The number of carbonyl (C=O) groups excluding carboxylic acids is 1. The SMILES string of the molecule is CC1(C)CCCC1C(=O)NCc1cccc(C#CCN)c1. The fourth-order valence-corrected chi connectivity index (χ4v) is 3.04. The van der Waals surface area contributed by atoms with Crippen molar-refractivity contribution in [3.8, 4) is 11.8 Å². The van der Waals surface area contributed by atoms with E-state index in [9.17, 15) is 4.79 Å². The minimum absolute atomic E-state index is 0.124. The molecule has 1 amide bonds. The largest absolute Gasteiger partial charge is 0.352 e. The third-order valence-corrected chi connectivity index (χ3v) is 4.30. The average molecular weight is 284 g/mol. The van der Waals surface area contributed by atoms with E-state index >= 15 is 0 Å². The first-order valence-electron chi connectivity index (χ1n) is 7.58. The van der Waals surface area contributed by atoms with Crippen molar-refractivity contribution in [1.82, 2.24) is 5.32 Å². The van der Waals surface area contributed by atoms with Crippen LogP contribution in [-0.2, 0) is 11.3 Å². The van der Waals surface area contributed by atoms with Gasteiger partial charge < -0.3 is 11.1 Å². The molecular weight excluding hydrogens is 260 g/mol. The number of hydrogen-bond acceptors (Lipinski definition) is 2. The zero-order valence-corrected chi connectivity index (χ0v) is 12.9. The van der Waals surface area contributed by atoms with Crippen LogP contribution in [0.1, 0.15) is 44.2 Å². The van der Waals surface area contributed by atoms with E-state index in [2.05, 4.69) is 31.0 Å². The number of hydrogen-bond donors (Lipinski definition) is 2. The van der Waals surface area contributed by atoms with Crippen molar-refractivity contribution in [2.24, 2.45) is 17.1 Å². The van der Waals surface area contributed by atoms with Gasteiger partial charge in [-0.3, -0.25) is 4.79 Å². The second-order valence-corrected chi connectivity index (χ2v) is 6.36. The van der Waals surface area contributed by atoms with E-state index in [1.165, 1.54) is 0 Å². The summed E-state index contributed by atoms with van der Waals surface area (Å²) in [5.41, 5.74) is 7.51. The number of nitrogens with two attached hydrogens (primary N) is 1. The molecule has 0 bridgehead atoms. The van der Waals surface area contributed by atoms with Gasteiger partial charge in [0.15, 0.2) is 0 Å². The summed E-state index contributed by atoms with van der Waals surface area (Å²) in [4.78, 5) is 12.3. The molecule has 1 aromatic rings. The topological polar surface area (TPSA) is 55.1 Å². The van der Waals surface area contributed by atoms with E-state index in [0.29, 0.717) is 13.1 Å². The molecule has 1 atom stereocenters. The van der Waals surface area contributed by atoms with E-state index in [0.717, 1.165) is 30.4 Å². The molecular formula is C18H24N2O. The van der Waals surface area contributed by atoms with Gasteiger partial charge in [0, 0.05) is 18.0 Å². The first kappa shape index (κ1) is 15.6. The summed E-state index contributed by atoms with van der Waals surface area (Å²) in [6.45, 7) is 5.29. The van der Waals surface area contributed by atoms with Crippen LogP contribution in [0.25, 0.3) is 0 Å². The highest BCUT2D eigenvalue weighted by Gasteiger charge is 2.38. The van der Waals surface area contributed by atoms with Gasteiger partial charge in [-0.1, -0.05) is 44.2 Å². The lowest BCUT2D eigenvalue weighted by atomic mass is 9.81. The standard InChI is InChI=1S/C18H24N2O/c1-18(2)10-4-9-16(18)17(21)20-13-15-7-3-6-14(12-15)8-5-11-19/h3,6-7,12,16H,4,9-11,13,19H2,1-2H3,(H,20,21). The van der Waals surface area contributed by atoms with Gasteiger partial charge in [-0.2, -0.15) is 0 Å². The van der Waals surface area contributed by atoms with Crippen molar-refractivity contribution < 1.29 is 4.79 Å². The van der Waals surface area contributed by atoms with Crippen molar-refractivity contribution in [1.29, 1.82) is 0 Å². The van der Waals surface area contributed by atoms with Crippen LogP contribution in [0.4, 0.5) is 0 Å². The highest BCUT2D eigenvalue weighted by Crippen LogP contribution is 2.42. The maximum Gasteiger partial charge on any atom is 0.223 e. The van der Waals surface area contributed by atoms with Crippen molar-refractivity contribution in [2.75, 3.05) is 6.54 Å². The van der Waals surface area contributed by atoms with E-state index in [1.54, 1.807) is 0 Å². The van der Waals surface area contributed by atoms with Crippen LogP contribution in [0.3, 0.4) is 0 Å². The Kier molecular flexibility index (Phi) is 5.03. The average Bonchev–Trinajstić information content (AvgIpc) is 2.82. The fraction of sp³-hybridized carbons (Fsp3) is 0.500. The zero-order valence-electron chi connectivity index (χ0n) is 12.9. The Morgan fingerprint density at radius 2 is 2.29 bits per heavy atom. The van der Waals surface area contributed by atoms with Crippen LogP contribution in [0, 0.1) is 23.2 Å². The molecule has 1 aromatic carbocycles. The Labute approximate surface area is 127 Å². The molecule has 3 nitrogen and oxygen atoms in total. The molecule has 1 aliphatic rings. The molecule has 0 aliphatic heterocycles. The molecule has 0 heterocycles. The van der Waals surface area contributed by atoms with Crippen molar-refractivity contribution in [3.05, 3.63) is 35.4 Å². The quantitative estimate of drug-likeness (QED) is 0.838. The molecule has 3 N–H and O–H groups in total. The Morgan fingerprint density at radius 3 is 2.95 bits per heavy atom. The molecule has 1 unspecified atom stereocenters. The van der Waals surface area contributed by atoms with Gasteiger partial charge in [0.05, 0.1) is 6.54 Å². The van der Waals surface area contributed by atoms with Gasteiger partial charge in [-0.15, -0.1) is 0 Å².